The molecule has 0 radical (unpaired) electrons. The zero-order valence-electron chi connectivity index (χ0n) is 38.4. The molecule has 0 heterocycles. The van der Waals surface area contributed by atoms with Crippen molar-refractivity contribution >= 4 is 47.5 Å². The highest BCUT2D eigenvalue weighted by Gasteiger charge is 2.35. The van der Waals surface area contributed by atoms with Crippen LogP contribution in [0.1, 0.15) is 119 Å². The van der Waals surface area contributed by atoms with Crippen LogP contribution in [-0.2, 0) is 72.1 Å². The summed E-state index contributed by atoms with van der Waals surface area (Å²) in [7, 11) is 0. The molecule has 63 heavy (non-hydrogen) atoms. The molecular weight excluding hydrogens is 817 g/mol. The second-order valence-electron chi connectivity index (χ2n) is 18.4. The van der Waals surface area contributed by atoms with Crippen molar-refractivity contribution in [3.63, 3.8) is 0 Å². The van der Waals surface area contributed by atoms with Crippen molar-refractivity contribution in [1.82, 2.24) is 21.3 Å². The van der Waals surface area contributed by atoms with Gasteiger partial charge in [-0.15, -0.1) is 0 Å². The first-order chi connectivity index (χ1) is 29.1. The van der Waals surface area contributed by atoms with Gasteiger partial charge < -0.3 is 45.3 Å². The highest BCUT2D eigenvalue weighted by atomic mass is 16.6. The van der Waals surface area contributed by atoms with Crippen molar-refractivity contribution in [3.8, 4) is 0 Å². The summed E-state index contributed by atoms with van der Waals surface area (Å²) in [5.41, 5.74) is -0.892. The summed E-state index contributed by atoms with van der Waals surface area (Å²) in [6, 6.07) is 9.37. The molecule has 4 amide bonds. The van der Waals surface area contributed by atoms with Crippen LogP contribution >= 0.6 is 0 Å². The second-order valence-corrected chi connectivity index (χ2v) is 18.4. The molecular formula is C46H66N4O13. The van der Waals surface area contributed by atoms with E-state index in [1.165, 1.54) is 0 Å². The fourth-order valence-corrected chi connectivity index (χ4v) is 5.79. The van der Waals surface area contributed by atoms with Gasteiger partial charge in [-0.2, -0.15) is 0 Å². The van der Waals surface area contributed by atoms with E-state index in [2.05, 4.69) is 21.3 Å². The van der Waals surface area contributed by atoms with Crippen LogP contribution in [0.15, 0.2) is 54.6 Å². The Morgan fingerprint density at radius 2 is 1.03 bits per heavy atom. The largest absolute Gasteiger partial charge is 0.460 e. The minimum atomic E-state index is -1.62. The smallest absolute Gasteiger partial charge is 0.408 e. The summed E-state index contributed by atoms with van der Waals surface area (Å²) in [5.74, 6) is -6.24. The van der Waals surface area contributed by atoms with Gasteiger partial charge in [-0.3, -0.25) is 33.6 Å². The third-order valence-electron chi connectivity index (χ3n) is 8.63. The van der Waals surface area contributed by atoms with E-state index >= 15 is 0 Å². The van der Waals surface area contributed by atoms with Crippen LogP contribution in [0, 0.1) is 5.92 Å². The van der Waals surface area contributed by atoms with Crippen LogP contribution in [-0.4, -0.2) is 93.6 Å². The van der Waals surface area contributed by atoms with Gasteiger partial charge in [0.15, 0.2) is 5.78 Å². The van der Waals surface area contributed by atoms with Gasteiger partial charge >= 0.3 is 24.0 Å². The number of aliphatic hydroxyl groups excluding tert-OH is 1. The van der Waals surface area contributed by atoms with Gasteiger partial charge in [-0.05, 0) is 91.3 Å². The standard InChI is InChI=1S/C46H66N4O13/c1-28(2)39(42(58)48-33(24-37(54)62-45(6,7)8)35(52)23-29-17-19-30(26-51)20-18-29)50-40(56)32(21-22-36(53)61-44(3,4)5)47-41(57)34(25-38(55)63-46(9,10)11)49-43(59)60-27-31-15-13-12-14-16-31/h12-20,28,32-34,39,51H,21-27H2,1-11H3,(H,47,57)(H,48,58)(H,49,59)(H,50,56)/t32-,33+,34-,39+/m0/s1. The van der Waals surface area contributed by atoms with Gasteiger partial charge in [0.05, 0.1) is 25.5 Å². The Morgan fingerprint density at radius 1 is 0.556 bits per heavy atom. The van der Waals surface area contributed by atoms with E-state index in [9.17, 15) is 43.5 Å². The predicted octanol–water partition coefficient (Wildman–Crippen LogP) is 4.28. The van der Waals surface area contributed by atoms with Gasteiger partial charge in [0, 0.05) is 12.8 Å². The van der Waals surface area contributed by atoms with Crippen molar-refractivity contribution < 1.29 is 62.4 Å². The summed E-state index contributed by atoms with van der Waals surface area (Å²) in [4.78, 5) is 107. The van der Waals surface area contributed by atoms with E-state index < -0.39 is 107 Å². The first-order valence-corrected chi connectivity index (χ1v) is 20.9. The van der Waals surface area contributed by atoms with Crippen molar-refractivity contribution in [2.45, 2.75) is 162 Å². The summed E-state index contributed by atoms with van der Waals surface area (Å²) in [6.07, 6.45) is -3.14. The van der Waals surface area contributed by atoms with Crippen molar-refractivity contribution in [2.24, 2.45) is 5.92 Å². The molecule has 0 saturated carbocycles. The second kappa shape index (κ2) is 24.1. The number of esters is 3. The number of alkyl carbamates (subject to hydrolysis) is 1. The molecule has 17 nitrogen and oxygen atoms in total. The SMILES string of the molecule is CC(C)[C@@H](NC(=O)[C@H](CCC(=O)OC(C)(C)C)NC(=O)[C@H](CC(=O)OC(C)(C)C)NC(=O)OCc1ccccc1)C(=O)N[C@H](CC(=O)OC(C)(C)C)C(=O)Cc1ccc(CO)cc1. The van der Waals surface area contributed by atoms with Gasteiger partial charge in [-0.1, -0.05) is 68.4 Å². The molecule has 348 valence electrons. The number of ketones is 1. The van der Waals surface area contributed by atoms with Crippen molar-refractivity contribution in [1.29, 1.82) is 0 Å². The lowest BCUT2D eigenvalue weighted by Crippen LogP contribution is -2.59. The number of hydrogen-bond acceptors (Lipinski definition) is 13. The minimum Gasteiger partial charge on any atom is -0.460 e. The van der Waals surface area contributed by atoms with Crippen LogP contribution in [0.3, 0.4) is 0 Å². The number of benzene rings is 2. The quantitative estimate of drug-likeness (QED) is 0.0870. The first-order valence-electron chi connectivity index (χ1n) is 20.9. The van der Waals surface area contributed by atoms with Crippen LogP contribution in [0.5, 0.6) is 0 Å². The molecule has 4 atom stereocenters. The van der Waals surface area contributed by atoms with E-state index in [0.717, 1.165) is 0 Å². The average Bonchev–Trinajstić information content (AvgIpc) is 3.15. The molecule has 0 aliphatic heterocycles. The molecule has 0 saturated heterocycles. The van der Waals surface area contributed by atoms with Crippen LogP contribution in [0.25, 0.3) is 0 Å². The Kier molecular flexibility index (Phi) is 20.4. The molecule has 2 rings (SSSR count). The summed E-state index contributed by atoms with van der Waals surface area (Å²) >= 11 is 0. The Morgan fingerprint density at radius 3 is 1.54 bits per heavy atom. The first kappa shape index (κ1) is 53.3. The normalized spacial score (nSPS) is 13.6. The highest BCUT2D eigenvalue weighted by molar-refractivity contribution is 5.98. The Balaban J connectivity index is 2.43. The zero-order chi connectivity index (χ0) is 47.7. The maximum absolute atomic E-state index is 14.1. The fraction of sp³-hybridized carbons (Fsp3) is 0.565. The zero-order valence-corrected chi connectivity index (χ0v) is 38.4. The lowest BCUT2D eigenvalue weighted by molar-refractivity contribution is -0.157. The molecule has 0 aromatic heterocycles. The van der Waals surface area contributed by atoms with Crippen LogP contribution < -0.4 is 21.3 Å². The fourth-order valence-electron chi connectivity index (χ4n) is 5.79. The molecule has 0 spiro atoms. The van der Waals surface area contributed by atoms with E-state index in [4.69, 9.17) is 18.9 Å². The Hall–Kier alpha value is -5.84. The number of aliphatic hydroxyl groups is 1. The lowest BCUT2D eigenvalue weighted by atomic mass is 9.98. The molecule has 0 aliphatic rings. The molecule has 17 heteroatoms. The van der Waals surface area contributed by atoms with Gasteiger partial charge in [0.25, 0.3) is 0 Å². The molecule has 0 fully saturated rings. The van der Waals surface area contributed by atoms with Gasteiger partial charge in [0.2, 0.25) is 17.7 Å². The van der Waals surface area contributed by atoms with E-state index in [0.29, 0.717) is 16.7 Å². The number of carbonyl (C=O) groups excluding carboxylic acids is 8. The number of amides is 4. The number of hydrogen-bond donors (Lipinski definition) is 5. The Labute approximate surface area is 370 Å². The maximum atomic E-state index is 14.1. The molecule has 2 aromatic carbocycles. The average molecular weight is 883 g/mol. The molecule has 5 N–H and O–H groups in total. The number of rotatable bonds is 21. The summed E-state index contributed by atoms with van der Waals surface area (Å²) in [6.45, 7) is 17.6. The predicted molar refractivity (Wildman–Crippen MR) is 231 cm³/mol. The number of carbonyl (C=O) groups is 8. The van der Waals surface area contributed by atoms with Crippen LogP contribution in [0.2, 0.25) is 0 Å². The number of nitrogens with one attached hydrogen (secondary N) is 4. The third-order valence-corrected chi connectivity index (χ3v) is 8.63. The van der Waals surface area contributed by atoms with Crippen molar-refractivity contribution in [2.75, 3.05) is 0 Å². The summed E-state index contributed by atoms with van der Waals surface area (Å²) in [5, 5.41) is 19.5. The number of ether oxygens (including phenoxy) is 4. The summed E-state index contributed by atoms with van der Waals surface area (Å²) < 4.78 is 21.5. The molecule has 0 aliphatic carbocycles. The van der Waals surface area contributed by atoms with Crippen LogP contribution in [0.4, 0.5) is 4.79 Å². The van der Waals surface area contributed by atoms with E-state index in [1.54, 1.807) is 131 Å². The van der Waals surface area contributed by atoms with Gasteiger partial charge in [-0.25, -0.2) is 4.79 Å². The molecule has 0 unspecified atom stereocenters. The van der Waals surface area contributed by atoms with E-state index in [-0.39, 0.29) is 32.5 Å². The number of Topliss-reactive ketones (excluding diaryl/α,β-unsaturated/α-hetero) is 1. The molecule has 0 bridgehead atoms. The third kappa shape index (κ3) is 21.7. The topological polar surface area (TPSA) is 242 Å². The lowest BCUT2D eigenvalue weighted by Gasteiger charge is -2.28. The minimum absolute atomic E-state index is 0.158. The van der Waals surface area contributed by atoms with Gasteiger partial charge in [0.1, 0.15) is 41.5 Å². The maximum Gasteiger partial charge on any atom is 0.408 e. The van der Waals surface area contributed by atoms with E-state index in [1.807, 2.05) is 0 Å². The molecule has 2 aromatic rings. The highest BCUT2D eigenvalue weighted by Crippen LogP contribution is 2.16. The monoisotopic (exact) mass is 882 g/mol. The van der Waals surface area contributed by atoms with Crippen molar-refractivity contribution in [3.05, 3.63) is 71.3 Å². The Bertz CT molecular complexity index is 1880.